The minimum atomic E-state index is -0.809. The summed E-state index contributed by atoms with van der Waals surface area (Å²) in [6, 6.07) is 0. The molecule has 0 radical (unpaired) electrons. The van der Waals surface area contributed by atoms with Crippen molar-refractivity contribution >= 4 is 11.8 Å². The standard InChI is InChI=1S/C11H20N2O3/c1-11(2,7-14)10(16)13-8-5-3-4-6-9(15)12-8/h8,14H,3-7H2,1-2H3,(H,12,15)(H,13,16)/t8-/m0/s1. The Labute approximate surface area is 95.6 Å². The predicted octanol–water partition coefficient (Wildman–Crippen LogP) is 0.137. The fourth-order valence-corrected chi connectivity index (χ4v) is 1.51. The molecule has 0 saturated carbocycles. The van der Waals surface area contributed by atoms with Crippen molar-refractivity contribution in [3.8, 4) is 0 Å². The minimum absolute atomic E-state index is 0.0235. The van der Waals surface area contributed by atoms with Crippen LogP contribution in [0.4, 0.5) is 0 Å². The summed E-state index contributed by atoms with van der Waals surface area (Å²) in [6.45, 7) is 3.13. The summed E-state index contributed by atoms with van der Waals surface area (Å²) < 4.78 is 0. The van der Waals surface area contributed by atoms with Gasteiger partial charge in [-0.2, -0.15) is 0 Å². The molecule has 0 aromatic heterocycles. The van der Waals surface area contributed by atoms with E-state index in [1.54, 1.807) is 13.8 Å². The van der Waals surface area contributed by atoms with Crippen LogP contribution in [-0.4, -0.2) is 29.7 Å². The van der Waals surface area contributed by atoms with E-state index < -0.39 is 5.41 Å². The summed E-state index contributed by atoms with van der Waals surface area (Å²) in [6.07, 6.45) is 2.76. The lowest BCUT2D eigenvalue weighted by atomic mass is 9.93. The maximum atomic E-state index is 11.8. The molecule has 2 amide bonds. The average Bonchev–Trinajstić information content (AvgIpc) is 2.42. The van der Waals surface area contributed by atoms with E-state index in [0.29, 0.717) is 6.42 Å². The Morgan fingerprint density at radius 2 is 2.25 bits per heavy atom. The van der Waals surface area contributed by atoms with Crippen molar-refractivity contribution in [3.63, 3.8) is 0 Å². The Balaban J connectivity index is 2.52. The van der Waals surface area contributed by atoms with Crippen LogP contribution in [0.3, 0.4) is 0 Å². The van der Waals surface area contributed by atoms with Crippen molar-refractivity contribution in [1.82, 2.24) is 10.6 Å². The monoisotopic (exact) mass is 228 g/mol. The van der Waals surface area contributed by atoms with Gasteiger partial charge in [0.15, 0.2) is 0 Å². The van der Waals surface area contributed by atoms with Gasteiger partial charge in [0, 0.05) is 6.42 Å². The van der Waals surface area contributed by atoms with E-state index in [1.165, 1.54) is 0 Å². The van der Waals surface area contributed by atoms with Crippen molar-refractivity contribution in [3.05, 3.63) is 0 Å². The number of nitrogens with one attached hydrogen (secondary N) is 2. The van der Waals surface area contributed by atoms with Gasteiger partial charge in [0.1, 0.15) is 6.17 Å². The molecule has 1 rings (SSSR count). The van der Waals surface area contributed by atoms with Crippen molar-refractivity contribution < 1.29 is 14.7 Å². The zero-order chi connectivity index (χ0) is 12.2. The van der Waals surface area contributed by atoms with E-state index in [4.69, 9.17) is 5.11 Å². The largest absolute Gasteiger partial charge is 0.395 e. The van der Waals surface area contributed by atoms with E-state index in [2.05, 4.69) is 10.6 Å². The van der Waals surface area contributed by atoms with E-state index >= 15 is 0 Å². The van der Waals surface area contributed by atoms with Crippen LogP contribution in [0, 0.1) is 5.41 Å². The summed E-state index contributed by atoms with van der Waals surface area (Å²) in [4.78, 5) is 23.0. The zero-order valence-electron chi connectivity index (χ0n) is 9.88. The minimum Gasteiger partial charge on any atom is -0.395 e. The van der Waals surface area contributed by atoms with Crippen LogP contribution in [-0.2, 0) is 9.59 Å². The summed E-state index contributed by atoms with van der Waals surface area (Å²) in [5.41, 5.74) is -0.809. The fraction of sp³-hybridized carbons (Fsp3) is 0.818. The number of rotatable bonds is 3. The lowest BCUT2D eigenvalue weighted by molar-refractivity contribution is -0.132. The molecule has 1 heterocycles. The molecule has 0 unspecified atom stereocenters. The Morgan fingerprint density at radius 1 is 1.56 bits per heavy atom. The highest BCUT2D eigenvalue weighted by Gasteiger charge is 2.29. The summed E-state index contributed by atoms with van der Waals surface area (Å²) in [5, 5.41) is 14.6. The first-order valence-corrected chi connectivity index (χ1v) is 5.67. The molecule has 0 spiro atoms. The second-order valence-corrected chi connectivity index (χ2v) is 4.88. The van der Waals surface area contributed by atoms with E-state index in [1.807, 2.05) is 0 Å². The Bertz CT molecular complexity index is 276. The quantitative estimate of drug-likeness (QED) is 0.643. The molecule has 0 aliphatic carbocycles. The van der Waals surface area contributed by atoms with Gasteiger partial charge in [0.05, 0.1) is 12.0 Å². The molecule has 0 aromatic carbocycles. The normalized spacial score (nSPS) is 22.2. The number of hydrogen-bond acceptors (Lipinski definition) is 3. The molecular formula is C11H20N2O3. The van der Waals surface area contributed by atoms with Crippen LogP contribution in [0.2, 0.25) is 0 Å². The highest BCUT2D eigenvalue weighted by Crippen LogP contribution is 2.15. The Morgan fingerprint density at radius 3 is 2.88 bits per heavy atom. The molecule has 3 N–H and O–H groups in total. The van der Waals surface area contributed by atoms with Gasteiger partial charge in [-0.3, -0.25) is 9.59 Å². The molecule has 1 saturated heterocycles. The first kappa shape index (κ1) is 13.0. The summed E-state index contributed by atoms with van der Waals surface area (Å²) in [7, 11) is 0. The maximum absolute atomic E-state index is 11.8. The summed E-state index contributed by atoms with van der Waals surface area (Å²) in [5.74, 6) is -0.258. The number of hydrogen-bond donors (Lipinski definition) is 3. The van der Waals surface area contributed by atoms with Crippen molar-refractivity contribution in [2.45, 2.75) is 45.7 Å². The highest BCUT2D eigenvalue weighted by molar-refractivity contribution is 5.83. The van der Waals surface area contributed by atoms with E-state index in [0.717, 1.165) is 19.3 Å². The number of amides is 2. The van der Waals surface area contributed by atoms with Gasteiger partial charge in [-0.1, -0.05) is 0 Å². The second kappa shape index (κ2) is 5.30. The average molecular weight is 228 g/mol. The third-order valence-electron chi connectivity index (χ3n) is 2.80. The van der Waals surface area contributed by atoms with E-state index in [9.17, 15) is 9.59 Å². The molecule has 1 aliphatic rings. The van der Waals surface area contributed by atoms with Crippen LogP contribution < -0.4 is 10.6 Å². The second-order valence-electron chi connectivity index (χ2n) is 4.88. The molecule has 0 bridgehead atoms. The van der Waals surface area contributed by atoms with Crippen LogP contribution >= 0.6 is 0 Å². The molecule has 1 aliphatic heterocycles. The highest BCUT2D eigenvalue weighted by atomic mass is 16.3. The van der Waals surface area contributed by atoms with Crippen molar-refractivity contribution in [2.24, 2.45) is 5.41 Å². The number of aliphatic hydroxyl groups excluding tert-OH is 1. The number of aliphatic hydroxyl groups is 1. The third-order valence-corrected chi connectivity index (χ3v) is 2.80. The van der Waals surface area contributed by atoms with Gasteiger partial charge >= 0.3 is 0 Å². The Hall–Kier alpha value is -1.10. The summed E-state index contributed by atoms with van der Waals surface area (Å²) >= 11 is 0. The molecule has 92 valence electrons. The molecule has 16 heavy (non-hydrogen) atoms. The fourth-order valence-electron chi connectivity index (χ4n) is 1.51. The zero-order valence-corrected chi connectivity index (χ0v) is 9.88. The molecule has 1 fully saturated rings. The smallest absolute Gasteiger partial charge is 0.229 e. The maximum Gasteiger partial charge on any atom is 0.229 e. The topological polar surface area (TPSA) is 78.4 Å². The van der Waals surface area contributed by atoms with Crippen LogP contribution in [0.15, 0.2) is 0 Å². The van der Waals surface area contributed by atoms with Gasteiger partial charge in [0.2, 0.25) is 11.8 Å². The molecular weight excluding hydrogens is 208 g/mol. The van der Waals surface area contributed by atoms with Crippen molar-refractivity contribution in [2.75, 3.05) is 6.61 Å². The molecule has 5 nitrogen and oxygen atoms in total. The lowest BCUT2D eigenvalue weighted by Gasteiger charge is -2.25. The predicted molar refractivity (Wildman–Crippen MR) is 59.4 cm³/mol. The van der Waals surface area contributed by atoms with Gasteiger partial charge in [-0.25, -0.2) is 0 Å². The number of carbonyl (C=O) groups is 2. The van der Waals surface area contributed by atoms with Crippen molar-refractivity contribution in [1.29, 1.82) is 0 Å². The van der Waals surface area contributed by atoms with Crippen LogP contribution in [0.5, 0.6) is 0 Å². The SMILES string of the molecule is CC(C)(CO)C(=O)N[C@H]1CCCCC(=O)N1. The first-order chi connectivity index (χ1) is 7.45. The van der Waals surface area contributed by atoms with Crippen LogP contribution in [0.1, 0.15) is 39.5 Å². The van der Waals surface area contributed by atoms with Gasteiger partial charge in [-0.15, -0.1) is 0 Å². The van der Waals surface area contributed by atoms with Gasteiger partial charge in [0.25, 0.3) is 0 Å². The van der Waals surface area contributed by atoms with Crippen LogP contribution in [0.25, 0.3) is 0 Å². The molecule has 1 atom stereocenters. The van der Waals surface area contributed by atoms with Gasteiger partial charge < -0.3 is 15.7 Å². The molecule has 0 aromatic rings. The lowest BCUT2D eigenvalue weighted by Crippen LogP contribution is -2.51. The number of carbonyl (C=O) groups excluding carboxylic acids is 2. The first-order valence-electron chi connectivity index (χ1n) is 5.67. The Kier molecular flexibility index (Phi) is 4.29. The third kappa shape index (κ3) is 3.48. The van der Waals surface area contributed by atoms with Gasteiger partial charge in [-0.05, 0) is 33.1 Å². The molecule has 5 heteroatoms. The van der Waals surface area contributed by atoms with E-state index in [-0.39, 0.29) is 24.6 Å².